The number of pyridine rings is 1. The Morgan fingerprint density at radius 3 is 2.70 bits per heavy atom. The number of nitrogens with one attached hydrogen (secondary N) is 2. The molecule has 4 heterocycles. The van der Waals surface area contributed by atoms with Crippen molar-refractivity contribution in [3.63, 3.8) is 0 Å². The quantitative estimate of drug-likeness (QED) is 0.647. The van der Waals surface area contributed by atoms with E-state index < -0.39 is 17.8 Å². The van der Waals surface area contributed by atoms with Crippen molar-refractivity contribution >= 4 is 11.8 Å². The molecule has 1 aromatic heterocycles. The number of alkyl halides is 3. The Labute approximate surface area is 213 Å². The molecule has 5 rings (SSSR count). The molecule has 0 radical (unpaired) electrons. The summed E-state index contributed by atoms with van der Waals surface area (Å²) in [6.07, 6.45) is -0.778. The van der Waals surface area contributed by atoms with Gasteiger partial charge in [0.2, 0.25) is 0 Å². The molecule has 2 amide bonds. The minimum atomic E-state index is -4.43. The summed E-state index contributed by atoms with van der Waals surface area (Å²) in [6, 6.07) is 9.87. The number of halogens is 3. The molecule has 196 valence electrons. The first-order valence-corrected chi connectivity index (χ1v) is 12.2. The van der Waals surface area contributed by atoms with Crippen LogP contribution >= 0.6 is 0 Å². The average Bonchev–Trinajstić information content (AvgIpc) is 2.89. The summed E-state index contributed by atoms with van der Waals surface area (Å²) in [4.78, 5) is 23.8. The second-order valence-corrected chi connectivity index (χ2v) is 9.24. The van der Waals surface area contributed by atoms with E-state index in [0.717, 1.165) is 36.6 Å². The Morgan fingerprint density at radius 1 is 1.14 bits per heavy atom. The van der Waals surface area contributed by atoms with E-state index in [9.17, 15) is 18.0 Å². The summed E-state index contributed by atoms with van der Waals surface area (Å²) >= 11 is 0. The predicted molar refractivity (Wildman–Crippen MR) is 132 cm³/mol. The molecular weight excluding hydrogens is 485 g/mol. The van der Waals surface area contributed by atoms with Crippen molar-refractivity contribution in [3.05, 3.63) is 83.0 Å². The van der Waals surface area contributed by atoms with Crippen LogP contribution in [-0.2, 0) is 17.5 Å². The van der Waals surface area contributed by atoms with Gasteiger partial charge < -0.3 is 15.0 Å². The Kier molecular flexibility index (Phi) is 7.07. The summed E-state index contributed by atoms with van der Waals surface area (Å²) in [6.45, 7) is 4.75. The van der Waals surface area contributed by atoms with Gasteiger partial charge in [-0.25, -0.2) is 9.78 Å². The molecule has 0 aliphatic carbocycles. The lowest BCUT2D eigenvalue weighted by molar-refractivity contribution is -0.137. The van der Waals surface area contributed by atoms with Crippen LogP contribution in [-0.4, -0.2) is 72.2 Å². The number of likely N-dealkylation sites (N-methyl/N-ethyl adjacent to an activating group) is 1. The van der Waals surface area contributed by atoms with E-state index in [1.165, 1.54) is 6.07 Å². The van der Waals surface area contributed by atoms with Crippen LogP contribution in [0, 0.1) is 0 Å². The lowest BCUT2D eigenvalue weighted by Gasteiger charge is -2.40. The third-order valence-corrected chi connectivity index (χ3v) is 6.67. The largest absolute Gasteiger partial charge is 0.416 e. The molecule has 37 heavy (non-hydrogen) atoms. The highest BCUT2D eigenvalue weighted by Gasteiger charge is 2.33. The standard InChI is InChI=1S/C26H29F3N6O2/c1-33-10-11-35(25(36)32-23-7-3-6-20(30-23)17-34-12-14-37-15-13-34)24-22(33)9-8-21(31-24)18-4-2-5-19(16-18)26(27,28)29/h2-9,16,21,31H,10-15,17H2,1H3,(H,30,32,36). The van der Waals surface area contributed by atoms with E-state index in [0.29, 0.717) is 50.1 Å². The van der Waals surface area contributed by atoms with E-state index in [-0.39, 0.29) is 6.03 Å². The molecule has 1 aromatic carbocycles. The van der Waals surface area contributed by atoms with E-state index in [1.807, 2.05) is 36.2 Å². The number of ether oxygens (including phenoxy) is 1. The first-order chi connectivity index (χ1) is 17.8. The summed E-state index contributed by atoms with van der Waals surface area (Å²) in [5, 5.41) is 6.16. The first kappa shape index (κ1) is 25.1. The molecular formula is C26H29F3N6O2. The van der Waals surface area contributed by atoms with Gasteiger partial charge in [-0.2, -0.15) is 13.2 Å². The number of benzene rings is 1. The van der Waals surface area contributed by atoms with Gasteiger partial charge in [0.15, 0.2) is 0 Å². The fraction of sp³-hybridized carbons (Fsp3) is 0.385. The number of urea groups is 1. The van der Waals surface area contributed by atoms with Crippen molar-refractivity contribution < 1.29 is 22.7 Å². The molecule has 2 aromatic rings. The molecule has 8 nitrogen and oxygen atoms in total. The number of dihydropyridines is 1. The van der Waals surface area contributed by atoms with Crippen LogP contribution in [0.4, 0.5) is 23.8 Å². The Morgan fingerprint density at radius 2 is 1.92 bits per heavy atom. The van der Waals surface area contributed by atoms with Crippen molar-refractivity contribution in [2.24, 2.45) is 0 Å². The zero-order valence-corrected chi connectivity index (χ0v) is 20.5. The minimum Gasteiger partial charge on any atom is -0.379 e. The number of amides is 2. The Hall–Kier alpha value is -3.57. The third-order valence-electron chi connectivity index (χ3n) is 6.67. The fourth-order valence-electron chi connectivity index (χ4n) is 4.65. The minimum absolute atomic E-state index is 0.359. The second-order valence-electron chi connectivity index (χ2n) is 9.24. The van der Waals surface area contributed by atoms with E-state index in [2.05, 4.69) is 20.5 Å². The number of allylic oxidation sites excluding steroid dienone is 1. The number of nitrogens with zero attached hydrogens (tertiary/aromatic N) is 4. The van der Waals surface area contributed by atoms with Crippen LogP contribution in [0.25, 0.3) is 0 Å². The van der Waals surface area contributed by atoms with Crippen molar-refractivity contribution in [2.45, 2.75) is 18.8 Å². The van der Waals surface area contributed by atoms with Crippen LogP contribution in [0.5, 0.6) is 0 Å². The van der Waals surface area contributed by atoms with Crippen LogP contribution in [0.2, 0.25) is 0 Å². The van der Waals surface area contributed by atoms with Gasteiger partial charge in [0.05, 0.1) is 36.2 Å². The summed E-state index contributed by atoms with van der Waals surface area (Å²) in [5.41, 5.74) is 1.39. The molecule has 2 N–H and O–H groups in total. The summed E-state index contributed by atoms with van der Waals surface area (Å²) < 4.78 is 45.2. The maximum absolute atomic E-state index is 13.3. The molecule has 3 aliphatic heterocycles. The number of hydrogen-bond donors (Lipinski definition) is 2. The van der Waals surface area contributed by atoms with Crippen molar-refractivity contribution in [1.29, 1.82) is 0 Å². The number of carbonyl (C=O) groups is 1. The SMILES string of the molecule is CN1CCN(C(=O)Nc2cccc(CN3CCOCC3)n2)C2=C1C=CC(c1cccc(C(F)(F)F)c1)N2. The number of hydrogen-bond acceptors (Lipinski definition) is 6. The van der Waals surface area contributed by atoms with Crippen molar-refractivity contribution in [1.82, 2.24) is 25.0 Å². The number of morpholine rings is 1. The van der Waals surface area contributed by atoms with E-state index >= 15 is 0 Å². The lowest BCUT2D eigenvalue weighted by atomic mass is 10.0. The van der Waals surface area contributed by atoms with Gasteiger partial charge >= 0.3 is 12.2 Å². The Balaban J connectivity index is 1.32. The maximum Gasteiger partial charge on any atom is 0.416 e. The molecule has 1 fully saturated rings. The van der Waals surface area contributed by atoms with Gasteiger partial charge in [-0.15, -0.1) is 0 Å². The third kappa shape index (κ3) is 5.72. The highest BCUT2D eigenvalue weighted by molar-refractivity contribution is 5.89. The number of anilines is 1. The molecule has 1 unspecified atom stereocenters. The maximum atomic E-state index is 13.3. The van der Waals surface area contributed by atoms with Gasteiger partial charge in [0.1, 0.15) is 11.6 Å². The van der Waals surface area contributed by atoms with Gasteiger partial charge in [-0.05, 0) is 35.9 Å². The predicted octanol–water partition coefficient (Wildman–Crippen LogP) is 3.78. The summed E-state index contributed by atoms with van der Waals surface area (Å²) in [5.74, 6) is 0.984. The Bertz CT molecular complexity index is 1210. The smallest absolute Gasteiger partial charge is 0.379 e. The van der Waals surface area contributed by atoms with Gasteiger partial charge in [0, 0.05) is 39.8 Å². The molecule has 1 saturated heterocycles. The van der Waals surface area contributed by atoms with Crippen LogP contribution in [0.15, 0.2) is 66.1 Å². The summed E-state index contributed by atoms with van der Waals surface area (Å²) in [7, 11) is 1.91. The molecule has 0 spiro atoms. The van der Waals surface area contributed by atoms with E-state index in [1.54, 1.807) is 17.0 Å². The number of aromatic nitrogens is 1. The zero-order valence-electron chi connectivity index (χ0n) is 20.5. The van der Waals surface area contributed by atoms with Gasteiger partial charge in [0.25, 0.3) is 0 Å². The van der Waals surface area contributed by atoms with Gasteiger partial charge in [-0.1, -0.05) is 24.3 Å². The van der Waals surface area contributed by atoms with Crippen molar-refractivity contribution in [3.8, 4) is 0 Å². The molecule has 0 bridgehead atoms. The first-order valence-electron chi connectivity index (χ1n) is 12.2. The normalized spacial score (nSPS) is 20.5. The van der Waals surface area contributed by atoms with Gasteiger partial charge in [-0.3, -0.25) is 15.1 Å². The molecule has 1 atom stereocenters. The number of carbonyl (C=O) groups excluding carboxylic acids is 1. The van der Waals surface area contributed by atoms with Crippen LogP contribution in [0.1, 0.15) is 22.9 Å². The zero-order chi connectivity index (χ0) is 26.0. The van der Waals surface area contributed by atoms with E-state index in [4.69, 9.17) is 4.74 Å². The van der Waals surface area contributed by atoms with Crippen molar-refractivity contribution in [2.75, 3.05) is 51.8 Å². The van der Waals surface area contributed by atoms with Crippen LogP contribution in [0.3, 0.4) is 0 Å². The number of rotatable bonds is 4. The highest BCUT2D eigenvalue weighted by atomic mass is 19.4. The second kappa shape index (κ2) is 10.4. The molecule has 3 aliphatic rings. The molecule has 11 heteroatoms. The lowest BCUT2D eigenvalue weighted by Crippen LogP contribution is -2.50. The van der Waals surface area contributed by atoms with Crippen LogP contribution < -0.4 is 10.6 Å². The molecule has 0 saturated carbocycles. The average molecular weight is 515 g/mol. The monoisotopic (exact) mass is 514 g/mol. The fourth-order valence-corrected chi connectivity index (χ4v) is 4.65. The highest BCUT2D eigenvalue weighted by Crippen LogP contribution is 2.33. The topological polar surface area (TPSA) is 73.0 Å².